The minimum absolute atomic E-state index is 0.0890. The molecule has 1 saturated heterocycles. The minimum Gasteiger partial charge on any atom is -0.478 e. The van der Waals surface area contributed by atoms with Crippen molar-refractivity contribution < 1.29 is 14.7 Å². The average Bonchev–Trinajstić information content (AvgIpc) is 3.23. The second-order valence-electron chi connectivity index (χ2n) is 6.58. The first-order valence-electron chi connectivity index (χ1n) is 9.05. The van der Waals surface area contributed by atoms with Gasteiger partial charge in [-0.05, 0) is 30.3 Å². The number of carboxylic acid groups (broad SMARTS) is 1. The summed E-state index contributed by atoms with van der Waals surface area (Å²) in [5, 5.41) is 19.1. The van der Waals surface area contributed by atoms with Crippen molar-refractivity contribution >= 4 is 62.8 Å². The van der Waals surface area contributed by atoms with Crippen LogP contribution in [0.15, 0.2) is 59.6 Å². The van der Waals surface area contributed by atoms with Gasteiger partial charge in [0.2, 0.25) is 0 Å². The van der Waals surface area contributed by atoms with Crippen LogP contribution in [0, 0.1) is 11.3 Å². The highest BCUT2D eigenvalue weighted by Gasteiger charge is 2.33. The van der Waals surface area contributed by atoms with E-state index in [1.54, 1.807) is 18.2 Å². The number of amides is 1. The largest absolute Gasteiger partial charge is 0.478 e. The first-order valence-corrected chi connectivity index (χ1v) is 10.3. The summed E-state index contributed by atoms with van der Waals surface area (Å²) in [4.78, 5) is 26.1. The zero-order chi connectivity index (χ0) is 21.3. The Hall–Kier alpha value is -3.41. The normalized spacial score (nSPS) is 15.2. The second-order valence-corrected chi connectivity index (χ2v) is 8.25. The van der Waals surface area contributed by atoms with Gasteiger partial charge in [0.25, 0.3) is 5.91 Å². The molecule has 0 bridgehead atoms. The molecule has 0 unspecified atom stereocenters. The van der Waals surface area contributed by atoms with Crippen molar-refractivity contribution in [3.63, 3.8) is 0 Å². The molecular formula is C22H15N3O3S2. The second kappa shape index (κ2) is 8.14. The number of carbonyl (C=O) groups is 2. The Kier molecular flexibility index (Phi) is 5.40. The van der Waals surface area contributed by atoms with Crippen molar-refractivity contribution in [3.8, 4) is 6.07 Å². The van der Waals surface area contributed by atoms with E-state index in [0.29, 0.717) is 27.9 Å². The Balaban J connectivity index is 1.72. The quantitative estimate of drug-likeness (QED) is 0.465. The number of aryl methyl sites for hydroxylation is 1. The van der Waals surface area contributed by atoms with Gasteiger partial charge >= 0.3 is 5.97 Å². The van der Waals surface area contributed by atoms with Crippen molar-refractivity contribution in [1.29, 1.82) is 5.26 Å². The third-order valence-electron chi connectivity index (χ3n) is 4.72. The number of anilines is 1. The third kappa shape index (κ3) is 3.61. The van der Waals surface area contributed by atoms with E-state index in [4.69, 9.17) is 17.5 Å². The molecule has 0 atom stereocenters. The van der Waals surface area contributed by atoms with Crippen molar-refractivity contribution in [2.45, 2.75) is 13.0 Å². The van der Waals surface area contributed by atoms with Crippen LogP contribution in [0.25, 0.3) is 17.0 Å². The average molecular weight is 434 g/mol. The fourth-order valence-corrected chi connectivity index (χ4v) is 4.65. The number of hydrogen-bond acceptors (Lipinski definition) is 5. The van der Waals surface area contributed by atoms with Gasteiger partial charge < -0.3 is 9.67 Å². The Bertz CT molecular complexity index is 1270. The van der Waals surface area contributed by atoms with Crippen molar-refractivity contribution in [2.24, 2.45) is 0 Å². The number of thioether (sulfide) groups is 1. The number of aromatic nitrogens is 1. The van der Waals surface area contributed by atoms with Crippen LogP contribution in [0.1, 0.15) is 22.3 Å². The first kappa shape index (κ1) is 19.9. The lowest BCUT2D eigenvalue weighted by molar-refractivity contribution is -0.113. The van der Waals surface area contributed by atoms with E-state index in [1.165, 1.54) is 28.8 Å². The topological polar surface area (TPSA) is 86.3 Å². The van der Waals surface area contributed by atoms with Gasteiger partial charge in [-0.15, -0.1) is 0 Å². The first-order chi connectivity index (χ1) is 14.5. The Morgan fingerprint density at radius 3 is 2.80 bits per heavy atom. The lowest BCUT2D eigenvalue weighted by atomic mass is 10.1. The molecule has 2 aromatic carbocycles. The Morgan fingerprint density at radius 1 is 1.23 bits per heavy atom. The zero-order valence-electron chi connectivity index (χ0n) is 15.6. The molecule has 30 heavy (non-hydrogen) atoms. The number of thiocarbonyl (C=S) groups is 1. The maximum absolute atomic E-state index is 13.1. The summed E-state index contributed by atoms with van der Waals surface area (Å²) < 4.78 is 2.35. The van der Waals surface area contributed by atoms with Crippen molar-refractivity contribution in [2.75, 3.05) is 4.90 Å². The SMILES string of the molecule is N#CCCn1cc(/C=C2/SC(=S)N(c3cccc(C(=O)O)c3)C2=O)c2ccccc21. The number of aromatic carboxylic acids is 1. The van der Waals surface area contributed by atoms with Gasteiger partial charge in [0.05, 0.1) is 28.6 Å². The van der Waals surface area contributed by atoms with E-state index in [9.17, 15) is 14.7 Å². The molecule has 148 valence electrons. The van der Waals surface area contributed by atoms with Crippen LogP contribution >= 0.6 is 24.0 Å². The molecule has 8 heteroatoms. The molecule has 1 aromatic heterocycles. The number of nitriles is 1. The molecule has 0 aliphatic carbocycles. The number of rotatable bonds is 5. The van der Waals surface area contributed by atoms with Crippen LogP contribution in [0.5, 0.6) is 0 Å². The highest BCUT2D eigenvalue weighted by atomic mass is 32.2. The number of carbonyl (C=O) groups excluding carboxylic acids is 1. The molecule has 1 N–H and O–H groups in total. The zero-order valence-corrected chi connectivity index (χ0v) is 17.2. The minimum atomic E-state index is -1.07. The summed E-state index contributed by atoms with van der Waals surface area (Å²) >= 11 is 6.58. The van der Waals surface area contributed by atoms with Crippen LogP contribution in [-0.4, -0.2) is 25.9 Å². The molecule has 0 saturated carbocycles. The Morgan fingerprint density at radius 2 is 2.03 bits per heavy atom. The lowest BCUT2D eigenvalue weighted by Crippen LogP contribution is -2.27. The van der Waals surface area contributed by atoms with Crippen LogP contribution < -0.4 is 4.90 Å². The Labute approximate surface area is 182 Å². The highest BCUT2D eigenvalue weighted by molar-refractivity contribution is 8.27. The fourth-order valence-electron chi connectivity index (χ4n) is 3.36. The molecule has 0 radical (unpaired) electrons. The molecule has 3 aromatic rings. The number of para-hydroxylation sites is 1. The maximum atomic E-state index is 13.1. The fraction of sp³-hybridized carbons (Fsp3) is 0.0909. The molecule has 4 rings (SSSR count). The summed E-state index contributed by atoms with van der Waals surface area (Å²) in [6.07, 6.45) is 4.12. The van der Waals surface area contributed by atoms with E-state index in [0.717, 1.165) is 16.5 Å². The third-order valence-corrected chi connectivity index (χ3v) is 6.02. The summed E-state index contributed by atoms with van der Waals surface area (Å²) in [5.74, 6) is -1.36. The molecule has 2 heterocycles. The van der Waals surface area contributed by atoms with Gasteiger partial charge in [-0.25, -0.2) is 4.79 Å². The van der Waals surface area contributed by atoms with Gasteiger partial charge in [0.1, 0.15) is 0 Å². The number of hydrogen-bond donors (Lipinski definition) is 1. The number of nitrogens with zero attached hydrogens (tertiary/aromatic N) is 3. The summed E-state index contributed by atoms with van der Waals surface area (Å²) in [6, 6.07) is 16.1. The standard InChI is InChI=1S/C22H15N3O3S2/c23-9-4-10-24-13-15(17-7-1-2-8-18(17)24)12-19-20(26)25(22(29)30-19)16-6-3-5-14(11-16)21(27)28/h1-3,5-8,11-13H,4,10H2,(H,27,28)/b19-12+. The lowest BCUT2D eigenvalue weighted by Gasteiger charge is -2.14. The molecule has 0 spiro atoms. The van der Waals surface area contributed by atoms with Crippen LogP contribution in [0.3, 0.4) is 0 Å². The predicted octanol–water partition coefficient (Wildman–Crippen LogP) is 4.66. The summed E-state index contributed by atoms with van der Waals surface area (Å²) in [7, 11) is 0. The van der Waals surface area contributed by atoms with Gasteiger partial charge in [0.15, 0.2) is 4.32 Å². The van der Waals surface area contributed by atoms with E-state index in [2.05, 4.69) is 6.07 Å². The van der Waals surface area contributed by atoms with Crippen LogP contribution in [0.4, 0.5) is 5.69 Å². The smallest absolute Gasteiger partial charge is 0.335 e. The molecule has 6 nitrogen and oxygen atoms in total. The number of fused-ring (bicyclic) bond motifs is 1. The van der Waals surface area contributed by atoms with Gasteiger partial charge in [-0.1, -0.05) is 48.2 Å². The molecule has 1 aliphatic rings. The van der Waals surface area contributed by atoms with Gasteiger partial charge in [-0.3, -0.25) is 9.69 Å². The van der Waals surface area contributed by atoms with E-state index in [-0.39, 0.29) is 11.5 Å². The molecular weight excluding hydrogens is 418 g/mol. The van der Waals surface area contributed by atoms with E-state index in [1.807, 2.05) is 35.0 Å². The summed E-state index contributed by atoms with van der Waals surface area (Å²) in [5.41, 5.74) is 2.37. The van der Waals surface area contributed by atoms with Crippen LogP contribution in [0.2, 0.25) is 0 Å². The summed E-state index contributed by atoms with van der Waals surface area (Å²) in [6.45, 7) is 0.563. The van der Waals surface area contributed by atoms with Crippen molar-refractivity contribution in [1.82, 2.24) is 4.57 Å². The van der Waals surface area contributed by atoms with Crippen LogP contribution in [-0.2, 0) is 11.3 Å². The van der Waals surface area contributed by atoms with Crippen molar-refractivity contribution in [3.05, 3.63) is 70.8 Å². The highest BCUT2D eigenvalue weighted by Crippen LogP contribution is 2.37. The van der Waals surface area contributed by atoms with E-state index >= 15 is 0 Å². The monoisotopic (exact) mass is 433 g/mol. The number of benzene rings is 2. The molecule has 1 fully saturated rings. The molecule has 1 amide bonds. The molecule has 1 aliphatic heterocycles. The maximum Gasteiger partial charge on any atom is 0.335 e. The van der Waals surface area contributed by atoms with Gasteiger partial charge in [-0.2, -0.15) is 5.26 Å². The van der Waals surface area contributed by atoms with E-state index < -0.39 is 5.97 Å². The number of carboxylic acids is 1. The predicted molar refractivity (Wildman–Crippen MR) is 121 cm³/mol. The van der Waals surface area contributed by atoms with Gasteiger partial charge in [0, 0.05) is 29.2 Å².